The van der Waals surface area contributed by atoms with Gasteiger partial charge in [0.05, 0.1) is 6.54 Å². The van der Waals surface area contributed by atoms with Gasteiger partial charge in [0.15, 0.2) is 5.82 Å². The average molecular weight is 266 g/mol. The molecule has 1 N–H and O–H groups in total. The molecule has 0 radical (unpaired) electrons. The first kappa shape index (κ1) is 13.5. The Morgan fingerprint density at radius 2 is 2.11 bits per heavy atom. The van der Waals surface area contributed by atoms with Crippen molar-refractivity contribution < 1.29 is 14.1 Å². The molecular weight excluding hydrogens is 248 g/mol. The van der Waals surface area contributed by atoms with E-state index in [2.05, 4.69) is 15.5 Å². The van der Waals surface area contributed by atoms with Gasteiger partial charge in [-0.15, -0.1) is 0 Å². The van der Waals surface area contributed by atoms with E-state index < -0.39 is 6.04 Å². The first-order chi connectivity index (χ1) is 8.77. The quantitative estimate of drug-likeness (QED) is 0.829. The van der Waals surface area contributed by atoms with E-state index in [1.54, 1.807) is 6.92 Å². The van der Waals surface area contributed by atoms with Crippen LogP contribution in [0.4, 0.5) is 0 Å². The Balaban J connectivity index is 2.16. The largest absolute Gasteiger partial charge is 0.342 e. The average Bonchev–Trinajstić information content (AvgIpc) is 2.67. The van der Waals surface area contributed by atoms with E-state index in [9.17, 15) is 9.59 Å². The van der Waals surface area contributed by atoms with Gasteiger partial charge < -0.3 is 14.7 Å². The fraction of sp³-hybridized carbons (Fsp3) is 0.667. The maximum atomic E-state index is 12.4. The number of piperazine rings is 1. The molecule has 2 rings (SSSR count). The summed E-state index contributed by atoms with van der Waals surface area (Å²) in [5.41, 5.74) is -0.335. The summed E-state index contributed by atoms with van der Waals surface area (Å²) in [5, 5.41) is 6.48. The third-order valence-electron chi connectivity index (χ3n) is 2.97. The van der Waals surface area contributed by atoms with Crippen molar-refractivity contribution in [2.45, 2.75) is 40.3 Å². The lowest BCUT2D eigenvalue weighted by molar-refractivity contribution is -0.148. The normalized spacial score (nSPS) is 20.6. The summed E-state index contributed by atoms with van der Waals surface area (Å²) in [7, 11) is 0. The number of aryl methyl sites for hydroxylation is 1. The predicted octanol–water partition coefficient (Wildman–Crippen LogP) is 0.251. The number of hydrogen-bond acceptors (Lipinski definition) is 5. The third-order valence-corrected chi connectivity index (χ3v) is 2.97. The Labute approximate surface area is 111 Å². The summed E-state index contributed by atoms with van der Waals surface area (Å²) in [6.07, 6.45) is 0. The fourth-order valence-electron chi connectivity index (χ4n) is 2.00. The zero-order chi connectivity index (χ0) is 14.2. The Kier molecular flexibility index (Phi) is 3.30. The van der Waals surface area contributed by atoms with Gasteiger partial charge in [0.25, 0.3) is 0 Å². The minimum atomic E-state index is -0.526. The Morgan fingerprint density at radius 1 is 1.42 bits per heavy atom. The van der Waals surface area contributed by atoms with Crippen molar-refractivity contribution in [2.24, 2.45) is 5.41 Å². The number of carbonyl (C=O) groups is 2. The highest BCUT2D eigenvalue weighted by Crippen LogP contribution is 2.23. The molecule has 2 amide bonds. The molecule has 1 unspecified atom stereocenters. The monoisotopic (exact) mass is 266 g/mol. The topological polar surface area (TPSA) is 88.3 Å². The lowest BCUT2D eigenvalue weighted by Gasteiger charge is -2.38. The smallest absolute Gasteiger partial charge is 0.246 e. The van der Waals surface area contributed by atoms with Gasteiger partial charge in [-0.3, -0.25) is 9.59 Å². The number of nitrogens with one attached hydrogen (secondary N) is 1. The van der Waals surface area contributed by atoms with Gasteiger partial charge in [0.1, 0.15) is 12.6 Å². The number of amides is 2. The molecule has 7 nitrogen and oxygen atoms in total. The number of hydrogen-bond donors (Lipinski definition) is 1. The van der Waals surface area contributed by atoms with Gasteiger partial charge in [-0.1, -0.05) is 25.9 Å². The van der Waals surface area contributed by atoms with Crippen molar-refractivity contribution in [1.82, 2.24) is 20.4 Å². The van der Waals surface area contributed by atoms with Gasteiger partial charge in [0.2, 0.25) is 17.7 Å². The molecule has 1 aliphatic heterocycles. The second kappa shape index (κ2) is 4.64. The highest BCUT2D eigenvalue weighted by molar-refractivity contribution is 5.95. The van der Waals surface area contributed by atoms with Gasteiger partial charge in [-0.05, 0) is 5.41 Å². The van der Waals surface area contributed by atoms with Crippen molar-refractivity contribution in [3.63, 3.8) is 0 Å². The van der Waals surface area contributed by atoms with Crippen LogP contribution in [0.15, 0.2) is 4.52 Å². The van der Waals surface area contributed by atoms with Gasteiger partial charge in [-0.25, -0.2) is 0 Å². The van der Waals surface area contributed by atoms with E-state index in [-0.39, 0.29) is 30.3 Å². The summed E-state index contributed by atoms with van der Waals surface area (Å²) >= 11 is 0. The molecule has 104 valence electrons. The van der Waals surface area contributed by atoms with Crippen LogP contribution >= 0.6 is 0 Å². The lowest BCUT2D eigenvalue weighted by Crippen LogP contribution is -2.61. The number of aromatic nitrogens is 2. The molecule has 0 spiro atoms. The van der Waals surface area contributed by atoms with Crippen molar-refractivity contribution in [3.8, 4) is 0 Å². The zero-order valence-electron chi connectivity index (χ0n) is 11.6. The van der Waals surface area contributed by atoms with E-state index in [1.165, 1.54) is 4.90 Å². The summed E-state index contributed by atoms with van der Waals surface area (Å²) < 4.78 is 4.86. The molecule has 2 heterocycles. The van der Waals surface area contributed by atoms with E-state index in [0.29, 0.717) is 11.7 Å². The molecule has 1 aromatic rings. The first-order valence-corrected chi connectivity index (χ1v) is 6.14. The summed E-state index contributed by atoms with van der Waals surface area (Å²) in [5.74, 6) is 0.568. The van der Waals surface area contributed by atoms with Crippen LogP contribution < -0.4 is 5.32 Å². The molecule has 0 saturated carbocycles. The Morgan fingerprint density at radius 3 is 2.63 bits per heavy atom. The molecule has 0 aromatic carbocycles. The molecule has 7 heteroatoms. The molecule has 0 bridgehead atoms. The summed E-state index contributed by atoms with van der Waals surface area (Å²) in [4.78, 5) is 29.6. The van der Waals surface area contributed by atoms with Crippen LogP contribution in [0.25, 0.3) is 0 Å². The van der Waals surface area contributed by atoms with E-state index in [1.807, 2.05) is 20.8 Å². The third kappa shape index (κ3) is 2.91. The molecule has 1 aliphatic rings. The van der Waals surface area contributed by atoms with Crippen molar-refractivity contribution in [3.05, 3.63) is 11.7 Å². The van der Waals surface area contributed by atoms with Gasteiger partial charge >= 0.3 is 0 Å². The molecule has 1 saturated heterocycles. The SMILES string of the molecule is Cc1nc(CN2CC(=O)NC(C(C)(C)C)C2=O)no1. The zero-order valence-corrected chi connectivity index (χ0v) is 11.6. The van der Waals surface area contributed by atoms with Crippen LogP contribution in [0.1, 0.15) is 32.5 Å². The molecule has 1 aromatic heterocycles. The molecular formula is C12H18N4O3. The number of nitrogens with zero attached hydrogens (tertiary/aromatic N) is 3. The Bertz CT molecular complexity index is 503. The van der Waals surface area contributed by atoms with Crippen LogP contribution in [0.5, 0.6) is 0 Å². The van der Waals surface area contributed by atoms with Crippen molar-refractivity contribution >= 4 is 11.8 Å². The number of carbonyl (C=O) groups excluding carboxylic acids is 2. The fourth-order valence-corrected chi connectivity index (χ4v) is 2.00. The second-order valence-corrected chi connectivity index (χ2v) is 5.79. The summed E-state index contributed by atoms with van der Waals surface area (Å²) in [6, 6.07) is -0.526. The van der Waals surface area contributed by atoms with Crippen LogP contribution in [0.3, 0.4) is 0 Å². The maximum Gasteiger partial charge on any atom is 0.246 e. The van der Waals surface area contributed by atoms with Crippen molar-refractivity contribution in [2.75, 3.05) is 6.54 Å². The standard InChI is InChI=1S/C12H18N4O3/c1-7-13-8(15-19-7)5-16-6-9(17)14-10(11(16)18)12(2,3)4/h10H,5-6H2,1-4H3,(H,14,17). The lowest BCUT2D eigenvalue weighted by atomic mass is 9.85. The van der Waals surface area contributed by atoms with Crippen LogP contribution in [0.2, 0.25) is 0 Å². The summed E-state index contributed by atoms with van der Waals surface area (Å²) in [6.45, 7) is 7.64. The van der Waals surface area contributed by atoms with E-state index >= 15 is 0 Å². The van der Waals surface area contributed by atoms with Gasteiger partial charge in [0, 0.05) is 6.92 Å². The van der Waals surface area contributed by atoms with Crippen LogP contribution in [-0.4, -0.2) is 39.4 Å². The molecule has 1 atom stereocenters. The second-order valence-electron chi connectivity index (χ2n) is 5.79. The predicted molar refractivity (Wildman–Crippen MR) is 65.8 cm³/mol. The minimum absolute atomic E-state index is 0.0268. The highest BCUT2D eigenvalue weighted by atomic mass is 16.5. The first-order valence-electron chi connectivity index (χ1n) is 6.14. The molecule has 1 fully saturated rings. The minimum Gasteiger partial charge on any atom is -0.342 e. The van der Waals surface area contributed by atoms with E-state index in [4.69, 9.17) is 4.52 Å². The number of rotatable bonds is 2. The Hall–Kier alpha value is -1.92. The highest BCUT2D eigenvalue weighted by Gasteiger charge is 2.40. The molecule has 19 heavy (non-hydrogen) atoms. The van der Waals surface area contributed by atoms with E-state index in [0.717, 1.165) is 0 Å². The van der Waals surface area contributed by atoms with Crippen molar-refractivity contribution in [1.29, 1.82) is 0 Å². The van der Waals surface area contributed by atoms with Crippen LogP contribution in [0, 0.1) is 12.3 Å². The molecule has 0 aliphatic carbocycles. The van der Waals surface area contributed by atoms with Crippen LogP contribution in [-0.2, 0) is 16.1 Å². The maximum absolute atomic E-state index is 12.4. The van der Waals surface area contributed by atoms with Gasteiger partial charge in [-0.2, -0.15) is 4.98 Å².